The molecule has 1 aliphatic carbocycles. The van der Waals surface area contributed by atoms with E-state index in [1.54, 1.807) is 0 Å². The number of nitrogens with two attached hydrogens (primary N) is 1. The van der Waals surface area contributed by atoms with Gasteiger partial charge in [-0.25, -0.2) is 4.39 Å². The van der Waals surface area contributed by atoms with Crippen LogP contribution in [0.3, 0.4) is 0 Å². The first-order valence-electron chi connectivity index (χ1n) is 4.53. The van der Waals surface area contributed by atoms with Gasteiger partial charge in [0, 0.05) is 11.6 Å². The van der Waals surface area contributed by atoms with Gasteiger partial charge in [0.15, 0.2) is 0 Å². The number of halogens is 3. The van der Waals surface area contributed by atoms with Crippen molar-refractivity contribution in [3.63, 3.8) is 0 Å². The molecule has 1 aliphatic rings. The van der Waals surface area contributed by atoms with Crippen molar-refractivity contribution in [2.75, 3.05) is 0 Å². The first-order chi connectivity index (χ1) is 6.59. The molecule has 0 radical (unpaired) electrons. The highest BCUT2D eigenvalue weighted by Crippen LogP contribution is 2.43. The Balaban J connectivity index is 0.00000112. The molecule has 1 aromatic carbocycles. The summed E-state index contributed by atoms with van der Waals surface area (Å²) in [4.78, 5) is 0. The highest BCUT2D eigenvalue weighted by atomic mass is 79.9. The molecule has 0 aromatic heterocycles. The van der Waals surface area contributed by atoms with E-state index in [9.17, 15) is 9.50 Å². The van der Waals surface area contributed by atoms with Crippen LogP contribution in [-0.4, -0.2) is 5.11 Å². The number of hydrogen-bond acceptors (Lipinski definition) is 2. The van der Waals surface area contributed by atoms with Crippen molar-refractivity contribution >= 4 is 28.3 Å². The number of phenolic OH excluding ortho intramolecular Hbond substituents is 1. The highest BCUT2D eigenvalue weighted by Gasteiger charge is 2.31. The van der Waals surface area contributed by atoms with E-state index in [0.717, 1.165) is 12.8 Å². The number of phenols is 1. The molecule has 1 saturated carbocycles. The molecule has 1 atom stereocenters. The molecule has 84 valence electrons. The molecule has 0 amide bonds. The van der Waals surface area contributed by atoms with Crippen molar-refractivity contribution < 1.29 is 9.50 Å². The largest absolute Gasteiger partial charge is 0.506 e. The van der Waals surface area contributed by atoms with Gasteiger partial charge in [-0.15, -0.1) is 12.4 Å². The molecule has 2 rings (SSSR count). The minimum Gasteiger partial charge on any atom is -0.506 e. The SMILES string of the molecule is Cl.N[C@H](c1cc(F)cc(Br)c1O)C1CC1. The van der Waals surface area contributed by atoms with E-state index < -0.39 is 0 Å². The summed E-state index contributed by atoms with van der Waals surface area (Å²) in [5.41, 5.74) is 6.39. The lowest BCUT2D eigenvalue weighted by Crippen LogP contribution is -2.12. The zero-order chi connectivity index (χ0) is 10.3. The zero-order valence-corrected chi connectivity index (χ0v) is 10.3. The lowest BCUT2D eigenvalue weighted by Gasteiger charge is -2.13. The summed E-state index contributed by atoms with van der Waals surface area (Å²) in [5.74, 6) is 0.0844. The lowest BCUT2D eigenvalue weighted by atomic mass is 10.0. The molecular formula is C10H12BrClFNO. The first kappa shape index (κ1) is 12.7. The minimum atomic E-state index is -0.374. The van der Waals surface area contributed by atoms with Crippen molar-refractivity contribution in [3.8, 4) is 5.75 Å². The summed E-state index contributed by atoms with van der Waals surface area (Å²) in [5, 5.41) is 9.68. The van der Waals surface area contributed by atoms with Gasteiger partial charge in [0.2, 0.25) is 0 Å². The van der Waals surface area contributed by atoms with Crippen molar-refractivity contribution in [2.24, 2.45) is 11.7 Å². The van der Waals surface area contributed by atoms with Gasteiger partial charge >= 0.3 is 0 Å². The van der Waals surface area contributed by atoms with Crippen LogP contribution in [0, 0.1) is 11.7 Å². The van der Waals surface area contributed by atoms with Crippen molar-refractivity contribution in [3.05, 3.63) is 28.0 Å². The molecule has 15 heavy (non-hydrogen) atoms. The molecule has 2 nitrogen and oxygen atoms in total. The van der Waals surface area contributed by atoms with Crippen LogP contribution in [0.1, 0.15) is 24.4 Å². The third kappa shape index (κ3) is 2.62. The molecule has 0 heterocycles. The van der Waals surface area contributed by atoms with E-state index in [0.29, 0.717) is 16.0 Å². The summed E-state index contributed by atoms with van der Waals surface area (Å²) in [6, 6.07) is 2.30. The van der Waals surface area contributed by atoms with Crippen molar-refractivity contribution in [2.45, 2.75) is 18.9 Å². The Kier molecular flexibility index (Phi) is 3.98. The van der Waals surface area contributed by atoms with Gasteiger partial charge in [0.05, 0.1) is 4.47 Å². The van der Waals surface area contributed by atoms with E-state index in [2.05, 4.69) is 15.9 Å². The number of hydrogen-bond donors (Lipinski definition) is 2. The van der Waals surface area contributed by atoms with Gasteiger partial charge in [0.1, 0.15) is 11.6 Å². The first-order valence-corrected chi connectivity index (χ1v) is 5.32. The maximum Gasteiger partial charge on any atom is 0.134 e. The van der Waals surface area contributed by atoms with Crippen LogP contribution in [0.15, 0.2) is 16.6 Å². The Morgan fingerprint density at radius 1 is 1.47 bits per heavy atom. The number of benzene rings is 1. The Morgan fingerprint density at radius 2 is 2.07 bits per heavy atom. The van der Waals surface area contributed by atoms with Gasteiger partial charge in [-0.05, 0) is 46.8 Å². The maximum absolute atomic E-state index is 13.1. The predicted molar refractivity (Wildman–Crippen MR) is 62.7 cm³/mol. The summed E-state index contributed by atoms with van der Waals surface area (Å²) < 4.78 is 13.4. The maximum atomic E-state index is 13.1. The van der Waals surface area contributed by atoms with Crippen LogP contribution in [0.2, 0.25) is 0 Å². The number of rotatable bonds is 2. The Labute approximate surface area is 102 Å². The quantitative estimate of drug-likeness (QED) is 0.881. The van der Waals surface area contributed by atoms with Crippen LogP contribution >= 0.6 is 28.3 Å². The van der Waals surface area contributed by atoms with Gasteiger partial charge in [-0.1, -0.05) is 0 Å². The second-order valence-electron chi connectivity index (χ2n) is 3.69. The van der Waals surface area contributed by atoms with E-state index in [1.807, 2.05) is 0 Å². The smallest absolute Gasteiger partial charge is 0.134 e. The molecule has 3 N–H and O–H groups in total. The fourth-order valence-electron chi connectivity index (χ4n) is 1.55. The summed E-state index contributed by atoms with van der Waals surface area (Å²) in [6.07, 6.45) is 2.13. The van der Waals surface area contributed by atoms with Gasteiger partial charge < -0.3 is 10.8 Å². The van der Waals surface area contributed by atoms with Crippen LogP contribution in [0.4, 0.5) is 4.39 Å². The van der Waals surface area contributed by atoms with Crippen molar-refractivity contribution in [1.82, 2.24) is 0 Å². The molecule has 1 aromatic rings. The second kappa shape index (κ2) is 4.68. The fourth-order valence-corrected chi connectivity index (χ4v) is 2.00. The third-order valence-corrected chi connectivity index (χ3v) is 3.15. The van der Waals surface area contributed by atoms with Crippen LogP contribution in [0.25, 0.3) is 0 Å². The summed E-state index contributed by atoms with van der Waals surface area (Å²) in [6.45, 7) is 0. The van der Waals surface area contributed by atoms with Crippen LogP contribution in [-0.2, 0) is 0 Å². The monoisotopic (exact) mass is 295 g/mol. The molecule has 0 aliphatic heterocycles. The van der Waals surface area contributed by atoms with Gasteiger partial charge in [-0.2, -0.15) is 0 Å². The number of aromatic hydroxyl groups is 1. The predicted octanol–water partition coefficient (Wildman–Crippen LogP) is 3.13. The zero-order valence-electron chi connectivity index (χ0n) is 7.91. The van der Waals surface area contributed by atoms with E-state index in [4.69, 9.17) is 5.73 Å². The third-order valence-electron chi connectivity index (χ3n) is 2.55. The lowest BCUT2D eigenvalue weighted by molar-refractivity contribution is 0.449. The molecular weight excluding hydrogens is 284 g/mol. The molecule has 5 heteroatoms. The standard InChI is InChI=1S/C10H11BrFNO.ClH/c11-8-4-6(12)3-7(10(8)14)9(13)5-1-2-5;/h3-5,9,14H,1-2,13H2;1H/t9-;/m0./s1. The Hall–Kier alpha value is -0.320. The van der Waals surface area contributed by atoms with E-state index in [-0.39, 0.29) is 30.0 Å². The average molecular weight is 297 g/mol. The molecule has 1 fully saturated rings. The minimum absolute atomic E-state index is 0. The summed E-state index contributed by atoms with van der Waals surface area (Å²) in [7, 11) is 0. The highest BCUT2D eigenvalue weighted by molar-refractivity contribution is 9.10. The fraction of sp³-hybridized carbons (Fsp3) is 0.400. The topological polar surface area (TPSA) is 46.2 Å². The van der Waals surface area contributed by atoms with Gasteiger partial charge in [-0.3, -0.25) is 0 Å². The normalized spacial score (nSPS) is 17.0. The van der Waals surface area contributed by atoms with Gasteiger partial charge in [0.25, 0.3) is 0 Å². The molecule has 0 saturated heterocycles. The molecule has 0 unspecified atom stereocenters. The van der Waals surface area contributed by atoms with E-state index in [1.165, 1.54) is 12.1 Å². The average Bonchev–Trinajstić information content (AvgIpc) is 2.93. The molecule has 0 bridgehead atoms. The Bertz CT molecular complexity index is 371. The second-order valence-corrected chi connectivity index (χ2v) is 4.54. The Morgan fingerprint density at radius 3 is 2.60 bits per heavy atom. The van der Waals surface area contributed by atoms with Crippen molar-refractivity contribution in [1.29, 1.82) is 0 Å². The summed E-state index contributed by atoms with van der Waals surface area (Å²) >= 11 is 3.09. The van der Waals surface area contributed by atoms with Crippen LogP contribution in [0.5, 0.6) is 5.75 Å². The molecule has 0 spiro atoms. The van der Waals surface area contributed by atoms with Crippen LogP contribution < -0.4 is 5.73 Å². The van der Waals surface area contributed by atoms with E-state index >= 15 is 0 Å².